The Morgan fingerprint density at radius 2 is 1.64 bits per heavy atom. The number of esters is 1. The molecule has 1 aliphatic heterocycles. The van der Waals surface area contributed by atoms with Gasteiger partial charge in [0.1, 0.15) is 5.75 Å². The van der Waals surface area contributed by atoms with Crippen LogP contribution >= 0.6 is 0 Å². The van der Waals surface area contributed by atoms with Crippen molar-refractivity contribution in [3.05, 3.63) is 64.7 Å². The second-order valence-electron chi connectivity index (χ2n) is 12.4. The van der Waals surface area contributed by atoms with Crippen molar-refractivity contribution in [3.63, 3.8) is 0 Å². The van der Waals surface area contributed by atoms with Crippen LogP contribution in [0.4, 0.5) is 4.79 Å². The maximum atomic E-state index is 13.0. The molecule has 1 aliphatic rings. The summed E-state index contributed by atoms with van der Waals surface area (Å²) in [6.45, 7) is 13.7. The number of methoxy groups -OCH3 is 1. The van der Waals surface area contributed by atoms with E-state index < -0.39 is 5.60 Å². The summed E-state index contributed by atoms with van der Waals surface area (Å²) in [6.07, 6.45) is 5.94. The van der Waals surface area contributed by atoms with Crippen LogP contribution in [0.5, 0.6) is 5.75 Å². The summed E-state index contributed by atoms with van der Waals surface area (Å²) in [6, 6.07) is 15.3. The molecular weight excluding hydrogens is 488 g/mol. The van der Waals surface area contributed by atoms with Crippen molar-refractivity contribution in [2.75, 3.05) is 20.7 Å². The number of amides is 2. The van der Waals surface area contributed by atoms with E-state index in [1.807, 2.05) is 22.9 Å². The number of nitrogens with zero attached hydrogens (tertiary/aromatic N) is 2. The molecule has 1 unspecified atom stereocenters. The minimum absolute atomic E-state index is 0.108. The van der Waals surface area contributed by atoms with Crippen LogP contribution in [0.15, 0.2) is 42.5 Å². The van der Waals surface area contributed by atoms with Crippen LogP contribution in [0.2, 0.25) is 0 Å². The number of carbonyl (C=O) groups is 2. The van der Waals surface area contributed by atoms with Gasteiger partial charge in [0.25, 0.3) is 0 Å². The predicted molar refractivity (Wildman–Crippen MR) is 157 cm³/mol. The van der Waals surface area contributed by atoms with E-state index in [0.717, 1.165) is 56.4 Å². The molecule has 2 aromatic carbocycles. The summed E-state index contributed by atoms with van der Waals surface area (Å²) in [5.74, 6) is 0.356. The highest BCUT2D eigenvalue weighted by Gasteiger charge is 2.34. The number of carbonyl (C=O) groups excluding carboxylic acids is 2. The van der Waals surface area contributed by atoms with Crippen LogP contribution < -0.4 is 4.74 Å². The first-order valence-electron chi connectivity index (χ1n) is 14.4. The fourth-order valence-corrected chi connectivity index (χ4v) is 5.14. The Morgan fingerprint density at radius 1 is 0.974 bits per heavy atom. The molecule has 0 aliphatic carbocycles. The lowest BCUT2D eigenvalue weighted by atomic mass is 9.87. The van der Waals surface area contributed by atoms with Gasteiger partial charge in [-0.05, 0) is 79.7 Å². The third-order valence-electron chi connectivity index (χ3n) is 7.71. The second-order valence-corrected chi connectivity index (χ2v) is 12.4. The smallest absolute Gasteiger partial charge is 0.349 e. The largest absolute Gasteiger partial charge is 0.476 e. The molecule has 214 valence electrons. The van der Waals surface area contributed by atoms with E-state index in [0.29, 0.717) is 6.54 Å². The molecule has 2 aromatic rings. The average molecular weight is 537 g/mol. The van der Waals surface area contributed by atoms with Crippen molar-refractivity contribution in [2.24, 2.45) is 0 Å². The molecule has 0 aromatic heterocycles. The topological polar surface area (TPSA) is 59.1 Å². The van der Waals surface area contributed by atoms with Gasteiger partial charge < -0.3 is 19.3 Å². The first kappa shape index (κ1) is 30.5. The second kappa shape index (κ2) is 12.9. The van der Waals surface area contributed by atoms with Gasteiger partial charge in [0, 0.05) is 20.1 Å². The third-order valence-corrected chi connectivity index (χ3v) is 7.71. The zero-order chi connectivity index (χ0) is 28.8. The zero-order valence-corrected chi connectivity index (χ0v) is 25.3. The Morgan fingerprint density at radius 3 is 2.26 bits per heavy atom. The molecule has 0 saturated carbocycles. The summed E-state index contributed by atoms with van der Waals surface area (Å²) < 4.78 is 11.0. The molecule has 1 atom stereocenters. The number of rotatable bonds is 12. The van der Waals surface area contributed by atoms with Crippen molar-refractivity contribution >= 4 is 12.0 Å². The Bertz CT molecular complexity index is 1120. The molecule has 6 nitrogen and oxygen atoms in total. The van der Waals surface area contributed by atoms with Crippen molar-refractivity contribution in [1.29, 1.82) is 0 Å². The van der Waals surface area contributed by atoms with Crippen molar-refractivity contribution < 1.29 is 19.1 Å². The lowest BCUT2D eigenvalue weighted by Gasteiger charge is -2.25. The molecule has 2 amide bonds. The number of unbranched alkanes of at least 4 members (excludes halogenated alkanes) is 1. The quantitative estimate of drug-likeness (QED) is 0.276. The van der Waals surface area contributed by atoms with Gasteiger partial charge in [-0.15, -0.1) is 0 Å². The molecule has 0 bridgehead atoms. The molecule has 0 radical (unpaired) electrons. The number of hydrogen-bond acceptors (Lipinski definition) is 4. The number of hydrogen-bond donors (Lipinski definition) is 0. The summed E-state index contributed by atoms with van der Waals surface area (Å²) >= 11 is 0. The highest BCUT2D eigenvalue weighted by molar-refractivity contribution is 5.79. The van der Waals surface area contributed by atoms with Crippen LogP contribution in [0.3, 0.4) is 0 Å². The van der Waals surface area contributed by atoms with Gasteiger partial charge in [-0.25, -0.2) is 9.59 Å². The Labute approximate surface area is 235 Å². The van der Waals surface area contributed by atoms with Gasteiger partial charge in [0.05, 0.1) is 13.2 Å². The standard InChI is InChI=1S/C33H48N2O4/c1-9-10-13-26-21-24(17-20-29(26)39-33(5,6)30(36)38-8)12-11-14-28-23-35(31(37)34(28)7)22-25-15-18-27(19-16-25)32(2,3)4/h15-21,28H,9-14,22-23H2,1-8H3. The number of urea groups is 1. The highest BCUT2D eigenvalue weighted by Crippen LogP contribution is 2.29. The highest BCUT2D eigenvalue weighted by atomic mass is 16.6. The van der Waals surface area contributed by atoms with E-state index in [1.165, 1.54) is 23.8 Å². The van der Waals surface area contributed by atoms with Crippen molar-refractivity contribution in [3.8, 4) is 5.75 Å². The van der Waals surface area contributed by atoms with Crippen LogP contribution in [0.25, 0.3) is 0 Å². The molecule has 0 N–H and O–H groups in total. The normalized spacial score (nSPS) is 16.1. The van der Waals surface area contributed by atoms with Crippen LogP contribution in [0, 0.1) is 0 Å². The first-order valence-corrected chi connectivity index (χ1v) is 14.4. The Balaban J connectivity index is 1.59. The third kappa shape index (κ3) is 8.00. The summed E-state index contributed by atoms with van der Waals surface area (Å²) in [5.41, 5.74) is 3.94. The van der Waals surface area contributed by atoms with Gasteiger partial charge in [0.15, 0.2) is 5.60 Å². The maximum Gasteiger partial charge on any atom is 0.349 e. The minimum Gasteiger partial charge on any atom is -0.476 e. The molecular formula is C33H48N2O4. The number of ether oxygens (including phenoxy) is 2. The zero-order valence-electron chi connectivity index (χ0n) is 25.3. The number of benzene rings is 2. The predicted octanol–water partition coefficient (Wildman–Crippen LogP) is 6.92. The Hall–Kier alpha value is -3.02. The van der Waals surface area contributed by atoms with Crippen molar-refractivity contribution in [1.82, 2.24) is 9.80 Å². The van der Waals surface area contributed by atoms with Gasteiger partial charge in [-0.1, -0.05) is 70.5 Å². The summed E-state index contributed by atoms with van der Waals surface area (Å²) in [7, 11) is 3.31. The van der Waals surface area contributed by atoms with Gasteiger partial charge in [0.2, 0.25) is 0 Å². The molecule has 0 spiro atoms. The lowest BCUT2D eigenvalue weighted by Crippen LogP contribution is -2.39. The molecule has 1 heterocycles. The SMILES string of the molecule is CCCCc1cc(CCCC2CN(Cc3ccc(C(C)(C)C)cc3)C(=O)N2C)ccc1OC(C)(C)C(=O)OC. The number of likely N-dealkylation sites (N-methyl/N-ethyl adjacent to an activating group) is 1. The Kier molecular flexibility index (Phi) is 10.1. The van der Waals surface area contributed by atoms with Crippen LogP contribution in [-0.2, 0) is 34.3 Å². The summed E-state index contributed by atoms with van der Waals surface area (Å²) in [5, 5.41) is 0. The molecule has 3 rings (SSSR count). The van der Waals surface area contributed by atoms with E-state index in [-0.39, 0.29) is 23.5 Å². The molecule has 1 saturated heterocycles. The average Bonchev–Trinajstić information content (AvgIpc) is 3.15. The molecule has 1 fully saturated rings. The summed E-state index contributed by atoms with van der Waals surface area (Å²) in [4.78, 5) is 29.0. The van der Waals surface area contributed by atoms with Crippen LogP contribution in [-0.4, -0.2) is 54.1 Å². The van der Waals surface area contributed by atoms with Gasteiger partial charge in [-0.3, -0.25) is 0 Å². The maximum absolute atomic E-state index is 13.0. The van der Waals surface area contributed by atoms with Gasteiger partial charge >= 0.3 is 12.0 Å². The fraction of sp³-hybridized carbons (Fsp3) is 0.576. The fourth-order valence-electron chi connectivity index (χ4n) is 5.14. The van der Waals surface area contributed by atoms with Crippen molar-refractivity contribution in [2.45, 2.75) is 104 Å². The molecule has 6 heteroatoms. The minimum atomic E-state index is -1.04. The van der Waals surface area contributed by atoms with Gasteiger partial charge in [-0.2, -0.15) is 0 Å². The molecule has 39 heavy (non-hydrogen) atoms. The number of aryl methyl sites for hydroxylation is 2. The van der Waals surface area contributed by atoms with E-state index in [9.17, 15) is 9.59 Å². The first-order chi connectivity index (χ1) is 18.4. The monoisotopic (exact) mass is 536 g/mol. The van der Waals surface area contributed by atoms with E-state index >= 15 is 0 Å². The lowest BCUT2D eigenvalue weighted by molar-refractivity contribution is -0.156. The van der Waals surface area contributed by atoms with E-state index in [4.69, 9.17) is 9.47 Å². The van der Waals surface area contributed by atoms with E-state index in [1.54, 1.807) is 13.8 Å². The van der Waals surface area contributed by atoms with E-state index in [2.05, 4.69) is 64.1 Å². The van der Waals surface area contributed by atoms with Crippen LogP contribution in [0.1, 0.15) is 89.5 Å².